The Labute approximate surface area is 231 Å². The molecule has 10 heteroatoms. The van der Waals surface area contributed by atoms with Gasteiger partial charge >= 0.3 is 0 Å². The number of ether oxygens (including phenoxy) is 2. The predicted octanol–water partition coefficient (Wildman–Crippen LogP) is 7.11. The second-order valence-electron chi connectivity index (χ2n) is 10.7. The van der Waals surface area contributed by atoms with E-state index in [1.807, 2.05) is 49.4 Å². The zero-order valence-corrected chi connectivity index (χ0v) is 25.1. The van der Waals surface area contributed by atoms with Crippen LogP contribution in [0.25, 0.3) is 22.8 Å². The molecule has 2 aromatic heterocycles. The maximum absolute atomic E-state index is 6.77. The Morgan fingerprint density at radius 3 is 2.26 bits per heavy atom. The SMILES string of the molecule is COc1cc(CO[Si](C(C)C)(C(C)C)C(C)C)ccc1OCc1nc(-c2cccc(-c3nn[nH]n3)c2)oc1C. The predicted molar refractivity (Wildman–Crippen MR) is 153 cm³/mol. The van der Waals surface area contributed by atoms with Gasteiger partial charge in [0.05, 0.1) is 13.7 Å². The summed E-state index contributed by atoms with van der Waals surface area (Å²) in [6.07, 6.45) is 0. The first kappa shape index (κ1) is 28.5. The Kier molecular flexibility index (Phi) is 8.86. The number of hydrogen-bond donors (Lipinski definition) is 1. The smallest absolute Gasteiger partial charge is 0.226 e. The van der Waals surface area contributed by atoms with Crippen LogP contribution >= 0.6 is 0 Å². The zero-order chi connectivity index (χ0) is 28.2. The molecule has 2 aromatic carbocycles. The minimum Gasteiger partial charge on any atom is -0.493 e. The zero-order valence-electron chi connectivity index (χ0n) is 24.1. The monoisotopic (exact) mass is 549 g/mol. The molecule has 0 bridgehead atoms. The van der Waals surface area contributed by atoms with Gasteiger partial charge in [-0.15, -0.1) is 10.2 Å². The van der Waals surface area contributed by atoms with E-state index >= 15 is 0 Å². The van der Waals surface area contributed by atoms with Crippen molar-refractivity contribution >= 4 is 8.32 Å². The first-order chi connectivity index (χ1) is 18.6. The number of rotatable bonds is 12. The largest absolute Gasteiger partial charge is 0.493 e. The molecule has 0 saturated carbocycles. The third kappa shape index (κ3) is 6.07. The average molecular weight is 550 g/mol. The van der Waals surface area contributed by atoms with Crippen LogP contribution in [0.1, 0.15) is 58.6 Å². The van der Waals surface area contributed by atoms with Crippen molar-refractivity contribution in [2.24, 2.45) is 0 Å². The Morgan fingerprint density at radius 1 is 0.897 bits per heavy atom. The fraction of sp³-hybridized carbons (Fsp3) is 0.448. The van der Waals surface area contributed by atoms with Gasteiger partial charge in [-0.2, -0.15) is 5.21 Å². The van der Waals surface area contributed by atoms with Crippen molar-refractivity contribution in [3.8, 4) is 34.3 Å². The van der Waals surface area contributed by atoms with Crippen LogP contribution in [0.3, 0.4) is 0 Å². The van der Waals surface area contributed by atoms with E-state index in [0.717, 1.165) is 16.7 Å². The number of aromatic amines is 1. The summed E-state index contributed by atoms with van der Waals surface area (Å²) in [4.78, 5) is 4.68. The van der Waals surface area contributed by atoms with Gasteiger partial charge in [0, 0.05) is 11.1 Å². The summed E-state index contributed by atoms with van der Waals surface area (Å²) in [6.45, 7) is 16.5. The fourth-order valence-corrected chi connectivity index (χ4v) is 11.0. The number of aromatic nitrogens is 5. The van der Waals surface area contributed by atoms with E-state index in [-0.39, 0.29) is 6.61 Å². The first-order valence-electron chi connectivity index (χ1n) is 13.4. The fourth-order valence-electron chi connectivity index (χ4n) is 5.54. The van der Waals surface area contributed by atoms with E-state index < -0.39 is 8.32 Å². The lowest BCUT2D eigenvalue weighted by Gasteiger charge is -2.42. The van der Waals surface area contributed by atoms with Gasteiger partial charge in [-0.1, -0.05) is 59.7 Å². The third-order valence-corrected chi connectivity index (χ3v) is 13.5. The van der Waals surface area contributed by atoms with Crippen LogP contribution in [0.2, 0.25) is 16.6 Å². The van der Waals surface area contributed by atoms with E-state index in [0.29, 0.717) is 57.9 Å². The van der Waals surface area contributed by atoms with Crippen LogP contribution < -0.4 is 9.47 Å². The molecule has 4 aromatic rings. The average Bonchev–Trinajstić information content (AvgIpc) is 3.58. The highest BCUT2D eigenvalue weighted by Gasteiger charge is 2.45. The van der Waals surface area contributed by atoms with Crippen LogP contribution in [0.5, 0.6) is 11.5 Å². The van der Waals surface area contributed by atoms with Crippen molar-refractivity contribution in [2.75, 3.05) is 7.11 Å². The number of methoxy groups -OCH3 is 1. The van der Waals surface area contributed by atoms with Crippen molar-refractivity contribution in [1.29, 1.82) is 0 Å². The lowest BCUT2D eigenvalue weighted by atomic mass is 10.1. The highest BCUT2D eigenvalue weighted by molar-refractivity contribution is 6.77. The molecule has 1 N–H and O–H groups in total. The number of oxazole rings is 1. The topological polar surface area (TPSA) is 108 Å². The summed E-state index contributed by atoms with van der Waals surface area (Å²) in [5.41, 5.74) is 5.00. The first-order valence-corrected chi connectivity index (χ1v) is 15.5. The van der Waals surface area contributed by atoms with Crippen molar-refractivity contribution in [2.45, 2.75) is 78.3 Å². The van der Waals surface area contributed by atoms with Crippen LogP contribution in [0.15, 0.2) is 46.9 Å². The molecule has 0 aliphatic carbocycles. The molecule has 0 aliphatic rings. The highest BCUT2D eigenvalue weighted by Crippen LogP contribution is 2.43. The normalized spacial score (nSPS) is 12.1. The van der Waals surface area contributed by atoms with Gasteiger partial charge in [0.1, 0.15) is 18.1 Å². The molecule has 0 aliphatic heterocycles. The van der Waals surface area contributed by atoms with E-state index in [9.17, 15) is 0 Å². The summed E-state index contributed by atoms with van der Waals surface area (Å²) >= 11 is 0. The van der Waals surface area contributed by atoms with Crippen molar-refractivity contribution < 1.29 is 18.3 Å². The van der Waals surface area contributed by atoms with Crippen LogP contribution in [-0.2, 0) is 17.6 Å². The van der Waals surface area contributed by atoms with E-state index in [1.54, 1.807) is 7.11 Å². The van der Waals surface area contributed by atoms with E-state index in [4.69, 9.17) is 18.3 Å². The van der Waals surface area contributed by atoms with Gasteiger partial charge in [0.2, 0.25) is 20.0 Å². The molecule has 0 saturated heterocycles. The molecular weight excluding hydrogens is 510 g/mol. The second-order valence-corrected chi connectivity index (χ2v) is 16.2. The molecular formula is C29H39N5O4Si. The Balaban J connectivity index is 1.46. The molecule has 0 atom stereocenters. The molecule has 4 rings (SSSR count). The second kappa shape index (κ2) is 12.1. The van der Waals surface area contributed by atoms with Gasteiger partial charge in [0.15, 0.2) is 11.5 Å². The quantitative estimate of drug-likeness (QED) is 0.186. The minimum atomic E-state index is -1.96. The van der Waals surface area contributed by atoms with Crippen molar-refractivity contribution in [3.05, 3.63) is 59.5 Å². The maximum atomic E-state index is 6.77. The molecule has 0 spiro atoms. The molecule has 2 heterocycles. The summed E-state index contributed by atoms with van der Waals surface area (Å²) in [7, 11) is -0.313. The number of aryl methyl sites for hydroxylation is 1. The Morgan fingerprint density at radius 2 is 1.62 bits per heavy atom. The Hall–Kier alpha value is -3.50. The maximum Gasteiger partial charge on any atom is 0.226 e. The van der Waals surface area contributed by atoms with Gasteiger partial charge < -0.3 is 18.3 Å². The van der Waals surface area contributed by atoms with Crippen molar-refractivity contribution in [1.82, 2.24) is 25.6 Å². The van der Waals surface area contributed by atoms with E-state index in [1.165, 1.54) is 0 Å². The van der Waals surface area contributed by atoms with Gasteiger partial charge in [-0.3, -0.25) is 0 Å². The number of benzene rings is 2. The summed E-state index contributed by atoms with van der Waals surface area (Å²) in [5.74, 6) is 3.01. The van der Waals surface area contributed by atoms with E-state index in [2.05, 4.69) is 67.2 Å². The number of hydrogen-bond acceptors (Lipinski definition) is 8. The molecule has 9 nitrogen and oxygen atoms in total. The summed E-state index contributed by atoms with van der Waals surface area (Å²) < 4.78 is 24.5. The number of tetrazole rings is 1. The molecule has 0 fully saturated rings. The molecule has 0 unspecified atom stereocenters. The number of nitrogens with zero attached hydrogens (tertiary/aromatic N) is 4. The lowest BCUT2D eigenvalue weighted by Crippen LogP contribution is -2.47. The minimum absolute atomic E-state index is 0.246. The standard InChI is InChI=1S/C29H39N5O4Si/c1-18(2)39(19(3)4,20(5)6)37-16-22-12-13-26(27(14-22)35-8)36-17-25-21(7)38-29(30-25)24-11-9-10-23(15-24)28-31-33-34-32-28/h9-15,18-20H,16-17H2,1-8H3,(H,31,32,33,34). The third-order valence-electron chi connectivity index (χ3n) is 7.39. The van der Waals surface area contributed by atoms with Gasteiger partial charge in [-0.25, -0.2) is 4.98 Å². The molecule has 39 heavy (non-hydrogen) atoms. The molecule has 0 amide bonds. The summed E-state index contributed by atoms with van der Waals surface area (Å²) in [5, 5.41) is 14.2. The summed E-state index contributed by atoms with van der Waals surface area (Å²) in [6, 6.07) is 13.6. The lowest BCUT2D eigenvalue weighted by molar-refractivity contribution is 0.262. The van der Waals surface area contributed by atoms with Crippen LogP contribution in [-0.4, -0.2) is 41.0 Å². The van der Waals surface area contributed by atoms with Gasteiger partial charge in [0.25, 0.3) is 0 Å². The number of nitrogens with one attached hydrogen (secondary N) is 1. The van der Waals surface area contributed by atoms with Gasteiger partial charge in [-0.05, 0) is 58.6 Å². The van der Waals surface area contributed by atoms with Crippen LogP contribution in [0, 0.1) is 6.92 Å². The Bertz CT molecular complexity index is 1350. The van der Waals surface area contributed by atoms with Crippen LogP contribution in [0.4, 0.5) is 0 Å². The molecule has 208 valence electrons. The molecule has 0 radical (unpaired) electrons. The number of H-pyrrole nitrogens is 1. The van der Waals surface area contributed by atoms with Crippen molar-refractivity contribution in [3.63, 3.8) is 0 Å². The highest BCUT2D eigenvalue weighted by atomic mass is 28.4.